The van der Waals surface area contributed by atoms with Crippen LogP contribution in [0.15, 0.2) is 33.3 Å². The summed E-state index contributed by atoms with van der Waals surface area (Å²) in [5, 5.41) is 1.32. The molecule has 0 amide bonds. The number of oxazole rings is 1. The molecule has 2 rings (SSSR count). The van der Waals surface area contributed by atoms with E-state index in [1.165, 1.54) is 11.8 Å². The second kappa shape index (κ2) is 4.41. The smallest absolute Gasteiger partial charge is 0.262 e. The van der Waals surface area contributed by atoms with Gasteiger partial charge < -0.3 is 10.2 Å². The number of aromatic nitrogens is 3. The average molecular weight is 222 g/mol. The highest BCUT2D eigenvalue weighted by atomic mass is 32.2. The van der Waals surface area contributed by atoms with E-state index in [0.717, 1.165) is 16.4 Å². The molecule has 0 saturated carbocycles. The van der Waals surface area contributed by atoms with E-state index in [4.69, 9.17) is 10.2 Å². The summed E-state index contributed by atoms with van der Waals surface area (Å²) in [6.07, 6.45) is 4.91. The molecule has 0 aromatic carbocycles. The van der Waals surface area contributed by atoms with Gasteiger partial charge in [-0.2, -0.15) is 0 Å². The van der Waals surface area contributed by atoms with E-state index >= 15 is 0 Å². The molecule has 15 heavy (non-hydrogen) atoms. The van der Waals surface area contributed by atoms with Crippen molar-refractivity contribution in [3.05, 3.63) is 30.0 Å². The molecular weight excluding hydrogens is 212 g/mol. The number of rotatable bonds is 3. The molecule has 0 fully saturated rings. The quantitative estimate of drug-likeness (QED) is 0.845. The first-order valence-corrected chi connectivity index (χ1v) is 5.20. The molecule has 6 heteroatoms. The van der Waals surface area contributed by atoms with Crippen LogP contribution in [0.5, 0.6) is 0 Å². The average Bonchev–Trinajstić information content (AvgIpc) is 2.65. The Balaban J connectivity index is 2.11. The Labute approximate surface area is 91.1 Å². The minimum atomic E-state index is 0.399. The summed E-state index contributed by atoms with van der Waals surface area (Å²) in [5.74, 6) is 0. The van der Waals surface area contributed by atoms with E-state index in [1.807, 2.05) is 6.92 Å². The van der Waals surface area contributed by atoms with Crippen molar-refractivity contribution in [1.29, 1.82) is 0 Å². The van der Waals surface area contributed by atoms with E-state index in [2.05, 4.69) is 15.0 Å². The third kappa shape index (κ3) is 2.54. The Morgan fingerprint density at radius 2 is 2.27 bits per heavy atom. The van der Waals surface area contributed by atoms with Gasteiger partial charge in [0, 0.05) is 6.54 Å². The van der Waals surface area contributed by atoms with Crippen molar-refractivity contribution in [2.24, 2.45) is 5.73 Å². The van der Waals surface area contributed by atoms with Crippen molar-refractivity contribution in [3.8, 4) is 0 Å². The molecule has 2 aromatic heterocycles. The second-order valence-corrected chi connectivity index (χ2v) is 3.88. The Morgan fingerprint density at radius 3 is 2.80 bits per heavy atom. The van der Waals surface area contributed by atoms with Gasteiger partial charge in [0.25, 0.3) is 5.22 Å². The zero-order chi connectivity index (χ0) is 10.7. The maximum atomic E-state index is 5.42. The normalized spacial score (nSPS) is 10.5. The van der Waals surface area contributed by atoms with E-state index in [-0.39, 0.29) is 0 Å². The fraction of sp³-hybridized carbons (Fsp3) is 0.222. The van der Waals surface area contributed by atoms with Gasteiger partial charge in [0.15, 0.2) is 0 Å². The van der Waals surface area contributed by atoms with Crippen molar-refractivity contribution < 1.29 is 4.42 Å². The van der Waals surface area contributed by atoms with Crippen LogP contribution in [-0.4, -0.2) is 15.0 Å². The van der Waals surface area contributed by atoms with Gasteiger partial charge in [-0.25, -0.2) is 9.97 Å². The Hall–Kier alpha value is -1.40. The van der Waals surface area contributed by atoms with E-state index in [9.17, 15) is 0 Å². The zero-order valence-electron chi connectivity index (χ0n) is 8.17. The molecule has 0 radical (unpaired) electrons. The molecule has 0 aliphatic heterocycles. The van der Waals surface area contributed by atoms with Gasteiger partial charge in [0.05, 0.1) is 23.8 Å². The Morgan fingerprint density at radius 1 is 1.40 bits per heavy atom. The van der Waals surface area contributed by atoms with Crippen molar-refractivity contribution in [2.45, 2.75) is 23.7 Å². The van der Waals surface area contributed by atoms with Crippen molar-refractivity contribution in [3.63, 3.8) is 0 Å². The molecular formula is C9H10N4OS. The molecule has 2 heterocycles. The molecule has 2 aromatic rings. The topological polar surface area (TPSA) is 77.8 Å². The van der Waals surface area contributed by atoms with Gasteiger partial charge in [-0.1, -0.05) is 0 Å². The lowest BCUT2D eigenvalue weighted by Crippen LogP contribution is -1.99. The van der Waals surface area contributed by atoms with Gasteiger partial charge in [0.2, 0.25) is 0 Å². The standard InChI is InChI=1S/C9H10N4OS/c1-6-5-14-9(13-6)15-8-4-11-7(2-10)3-12-8/h3-5H,2,10H2,1H3. The van der Waals surface area contributed by atoms with E-state index < -0.39 is 0 Å². The van der Waals surface area contributed by atoms with Gasteiger partial charge >= 0.3 is 0 Å². The van der Waals surface area contributed by atoms with Crippen LogP contribution in [0.1, 0.15) is 11.4 Å². The maximum absolute atomic E-state index is 5.42. The first-order valence-electron chi connectivity index (χ1n) is 4.39. The molecule has 0 unspecified atom stereocenters. The summed E-state index contributed by atoms with van der Waals surface area (Å²) in [6.45, 7) is 2.27. The fourth-order valence-corrected chi connectivity index (χ4v) is 1.65. The monoisotopic (exact) mass is 222 g/mol. The molecule has 2 N–H and O–H groups in total. The van der Waals surface area contributed by atoms with Gasteiger partial charge in [-0.3, -0.25) is 4.98 Å². The van der Waals surface area contributed by atoms with Crippen molar-refractivity contribution >= 4 is 11.8 Å². The summed E-state index contributed by atoms with van der Waals surface area (Å²) in [5.41, 5.74) is 7.03. The molecule has 78 valence electrons. The lowest BCUT2D eigenvalue weighted by Gasteiger charge is -1.97. The molecule has 0 aliphatic rings. The van der Waals surface area contributed by atoms with Crippen molar-refractivity contribution in [1.82, 2.24) is 15.0 Å². The van der Waals surface area contributed by atoms with Gasteiger partial charge in [-0.05, 0) is 18.7 Å². The number of nitrogens with zero attached hydrogens (tertiary/aromatic N) is 3. The van der Waals surface area contributed by atoms with Crippen LogP contribution >= 0.6 is 11.8 Å². The number of nitrogens with two attached hydrogens (primary N) is 1. The van der Waals surface area contributed by atoms with Crippen LogP contribution < -0.4 is 5.73 Å². The van der Waals surface area contributed by atoms with Crippen molar-refractivity contribution in [2.75, 3.05) is 0 Å². The number of hydrogen-bond acceptors (Lipinski definition) is 6. The summed E-state index contributed by atoms with van der Waals surface area (Å²) in [7, 11) is 0. The summed E-state index contributed by atoms with van der Waals surface area (Å²) in [6, 6.07) is 0. The molecule has 0 saturated heterocycles. The number of aryl methyl sites for hydroxylation is 1. The molecule has 0 atom stereocenters. The third-order valence-electron chi connectivity index (χ3n) is 1.68. The molecule has 0 bridgehead atoms. The largest absolute Gasteiger partial charge is 0.439 e. The maximum Gasteiger partial charge on any atom is 0.262 e. The summed E-state index contributed by atoms with van der Waals surface area (Å²) < 4.78 is 5.18. The highest BCUT2D eigenvalue weighted by Crippen LogP contribution is 2.23. The van der Waals surface area contributed by atoms with Crippen LogP contribution in [0.3, 0.4) is 0 Å². The highest BCUT2D eigenvalue weighted by Gasteiger charge is 2.04. The van der Waals surface area contributed by atoms with E-state index in [1.54, 1.807) is 18.7 Å². The highest BCUT2D eigenvalue weighted by molar-refractivity contribution is 7.99. The van der Waals surface area contributed by atoms with Crippen LogP contribution in [0.2, 0.25) is 0 Å². The first kappa shape index (κ1) is 10.1. The third-order valence-corrected chi connectivity index (χ3v) is 2.46. The van der Waals surface area contributed by atoms with Gasteiger partial charge in [-0.15, -0.1) is 0 Å². The van der Waals surface area contributed by atoms with Crippen LogP contribution in [-0.2, 0) is 6.54 Å². The second-order valence-electron chi connectivity index (χ2n) is 2.91. The Kier molecular flexibility index (Phi) is 2.98. The van der Waals surface area contributed by atoms with Crippen LogP contribution in [0.25, 0.3) is 0 Å². The predicted molar refractivity (Wildman–Crippen MR) is 55.3 cm³/mol. The van der Waals surface area contributed by atoms with Crippen LogP contribution in [0.4, 0.5) is 0 Å². The first-order chi connectivity index (χ1) is 7.28. The lowest BCUT2D eigenvalue weighted by atomic mass is 10.5. The molecule has 0 aliphatic carbocycles. The molecule has 5 nitrogen and oxygen atoms in total. The summed E-state index contributed by atoms with van der Waals surface area (Å²) >= 11 is 1.34. The SMILES string of the molecule is Cc1coc(Sc2cnc(CN)cn2)n1. The zero-order valence-corrected chi connectivity index (χ0v) is 8.99. The number of hydrogen-bond donors (Lipinski definition) is 1. The summed E-state index contributed by atoms with van der Waals surface area (Å²) in [4.78, 5) is 12.4. The van der Waals surface area contributed by atoms with E-state index in [0.29, 0.717) is 11.8 Å². The molecule has 0 spiro atoms. The lowest BCUT2D eigenvalue weighted by molar-refractivity contribution is 0.453. The minimum Gasteiger partial charge on any atom is -0.439 e. The van der Waals surface area contributed by atoms with Crippen LogP contribution in [0, 0.1) is 6.92 Å². The minimum absolute atomic E-state index is 0.399. The fourth-order valence-electron chi connectivity index (χ4n) is 0.970. The van der Waals surface area contributed by atoms with Gasteiger partial charge in [0.1, 0.15) is 11.3 Å². The Bertz CT molecular complexity index is 440. The predicted octanol–water partition coefficient (Wildman–Crippen LogP) is 1.38.